The van der Waals surface area contributed by atoms with Crippen molar-refractivity contribution < 1.29 is 9.84 Å². The van der Waals surface area contributed by atoms with Gasteiger partial charge in [0.1, 0.15) is 5.75 Å². The topological polar surface area (TPSA) is 41.5 Å². The first-order valence-electron chi connectivity index (χ1n) is 7.28. The van der Waals surface area contributed by atoms with Gasteiger partial charge in [0.2, 0.25) is 0 Å². The molecule has 19 heavy (non-hydrogen) atoms. The van der Waals surface area contributed by atoms with Crippen molar-refractivity contribution in [1.29, 1.82) is 0 Å². The van der Waals surface area contributed by atoms with E-state index in [4.69, 9.17) is 4.74 Å². The van der Waals surface area contributed by atoms with E-state index in [0.717, 1.165) is 25.3 Å². The maximum atomic E-state index is 9.28. The third-order valence-corrected chi connectivity index (χ3v) is 4.21. The molecule has 1 aliphatic carbocycles. The number of aliphatic hydroxyl groups excluding tert-OH is 1. The summed E-state index contributed by atoms with van der Waals surface area (Å²) in [5.74, 6) is 2.10. The number of methoxy groups -OCH3 is 1. The van der Waals surface area contributed by atoms with Crippen LogP contribution in [-0.4, -0.2) is 31.9 Å². The molecule has 0 spiro atoms. The molecule has 2 unspecified atom stereocenters. The molecule has 0 aromatic heterocycles. The number of hydrogen-bond acceptors (Lipinski definition) is 3. The summed E-state index contributed by atoms with van der Waals surface area (Å²) < 4.78 is 5.15. The van der Waals surface area contributed by atoms with Crippen molar-refractivity contribution in [1.82, 2.24) is 5.32 Å². The van der Waals surface area contributed by atoms with Gasteiger partial charge in [-0.05, 0) is 61.9 Å². The fourth-order valence-corrected chi connectivity index (χ4v) is 2.94. The van der Waals surface area contributed by atoms with Crippen LogP contribution in [0.25, 0.3) is 0 Å². The summed E-state index contributed by atoms with van der Waals surface area (Å²) in [4.78, 5) is 0. The second-order valence-corrected chi connectivity index (χ2v) is 5.44. The average molecular weight is 263 g/mol. The van der Waals surface area contributed by atoms with Crippen LogP contribution in [0.3, 0.4) is 0 Å². The molecule has 0 saturated heterocycles. The Morgan fingerprint density at radius 2 is 1.95 bits per heavy atom. The van der Waals surface area contributed by atoms with Gasteiger partial charge in [-0.2, -0.15) is 0 Å². The maximum absolute atomic E-state index is 9.28. The van der Waals surface area contributed by atoms with Crippen molar-refractivity contribution in [2.24, 2.45) is 11.8 Å². The lowest BCUT2D eigenvalue weighted by atomic mass is 9.97. The zero-order chi connectivity index (χ0) is 13.5. The van der Waals surface area contributed by atoms with Gasteiger partial charge in [0.15, 0.2) is 0 Å². The predicted octanol–water partition coefficient (Wildman–Crippen LogP) is 2.24. The predicted molar refractivity (Wildman–Crippen MR) is 77.5 cm³/mol. The molecule has 2 atom stereocenters. The molecule has 106 valence electrons. The van der Waals surface area contributed by atoms with E-state index in [2.05, 4.69) is 17.4 Å². The Bertz CT molecular complexity index is 364. The van der Waals surface area contributed by atoms with E-state index >= 15 is 0 Å². The minimum atomic E-state index is 0.352. The fraction of sp³-hybridized carbons (Fsp3) is 0.625. The molecular weight excluding hydrogens is 238 g/mol. The van der Waals surface area contributed by atoms with Gasteiger partial charge in [-0.25, -0.2) is 0 Å². The Balaban J connectivity index is 1.66. The molecular formula is C16H25NO2. The van der Waals surface area contributed by atoms with Gasteiger partial charge < -0.3 is 15.2 Å². The summed E-state index contributed by atoms with van der Waals surface area (Å²) in [5, 5.41) is 12.8. The average Bonchev–Trinajstić information content (AvgIpc) is 2.91. The molecule has 3 nitrogen and oxygen atoms in total. The van der Waals surface area contributed by atoms with Crippen molar-refractivity contribution in [3.63, 3.8) is 0 Å². The number of rotatable bonds is 7. The molecule has 0 aliphatic heterocycles. The van der Waals surface area contributed by atoms with E-state index in [1.54, 1.807) is 7.11 Å². The molecule has 1 aromatic rings. The van der Waals surface area contributed by atoms with Gasteiger partial charge in [-0.3, -0.25) is 0 Å². The second-order valence-electron chi connectivity index (χ2n) is 5.44. The summed E-state index contributed by atoms with van der Waals surface area (Å²) in [5.41, 5.74) is 1.33. The first kappa shape index (κ1) is 14.4. The lowest BCUT2D eigenvalue weighted by molar-refractivity contribution is 0.192. The molecule has 0 radical (unpaired) electrons. The van der Waals surface area contributed by atoms with Crippen LogP contribution in [0.2, 0.25) is 0 Å². The van der Waals surface area contributed by atoms with E-state index in [1.807, 2.05) is 12.1 Å². The lowest BCUT2D eigenvalue weighted by Gasteiger charge is -2.17. The SMILES string of the molecule is COc1ccc(CCNCC2CCCC2CO)cc1. The molecule has 1 aromatic carbocycles. The Morgan fingerprint density at radius 1 is 1.21 bits per heavy atom. The summed E-state index contributed by atoms with van der Waals surface area (Å²) in [6.45, 7) is 2.40. The fourth-order valence-electron chi connectivity index (χ4n) is 2.94. The number of hydrogen-bond donors (Lipinski definition) is 2. The molecule has 1 aliphatic rings. The van der Waals surface area contributed by atoms with Crippen LogP contribution >= 0.6 is 0 Å². The third kappa shape index (κ3) is 4.22. The Morgan fingerprint density at radius 3 is 2.63 bits per heavy atom. The molecule has 2 N–H and O–H groups in total. The van der Waals surface area contributed by atoms with E-state index in [9.17, 15) is 5.11 Å². The van der Waals surface area contributed by atoms with E-state index in [-0.39, 0.29) is 0 Å². The molecule has 0 amide bonds. The van der Waals surface area contributed by atoms with Crippen molar-refractivity contribution in [2.75, 3.05) is 26.8 Å². The highest BCUT2D eigenvalue weighted by atomic mass is 16.5. The van der Waals surface area contributed by atoms with Crippen LogP contribution < -0.4 is 10.1 Å². The van der Waals surface area contributed by atoms with Gasteiger partial charge in [0.05, 0.1) is 7.11 Å². The van der Waals surface area contributed by atoms with Crippen LogP contribution in [-0.2, 0) is 6.42 Å². The van der Waals surface area contributed by atoms with Gasteiger partial charge in [-0.1, -0.05) is 18.6 Å². The van der Waals surface area contributed by atoms with E-state index < -0.39 is 0 Å². The quantitative estimate of drug-likeness (QED) is 0.741. The van der Waals surface area contributed by atoms with Crippen molar-refractivity contribution in [3.8, 4) is 5.75 Å². The summed E-state index contributed by atoms with van der Waals surface area (Å²) >= 11 is 0. The minimum Gasteiger partial charge on any atom is -0.497 e. The highest BCUT2D eigenvalue weighted by Crippen LogP contribution is 2.30. The van der Waals surface area contributed by atoms with E-state index in [1.165, 1.54) is 24.8 Å². The largest absolute Gasteiger partial charge is 0.497 e. The molecule has 0 bridgehead atoms. The highest BCUT2D eigenvalue weighted by molar-refractivity contribution is 5.27. The minimum absolute atomic E-state index is 0.352. The maximum Gasteiger partial charge on any atom is 0.118 e. The van der Waals surface area contributed by atoms with E-state index in [0.29, 0.717) is 18.4 Å². The zero-order valence-electron chi connectivity index (χ0n) is 11.8. The first-order chi connectivity index (χ1) is 9.33. The molecule has 1 fully saturated rings. The monoisotopic (exact) mass is 263 g/mol. The second kappa shape index (κ2) is 7.51. The normalized spacial score (nSPS) is 22.6. The van der Waals surface area contributed by atoms with Gasteiger partial charge >= 0.3 is 0 Å². The van der Waals surface area contributed by atoms with Gasteiger partial charge in [-0.15, -0.1) is 0 Å². The van der Waals surface area contributed by atoms with Crippen molar-refractivity contribution >= 4 is 0 Å². The Hall–Kier alpha value is -1.06. The highest BCUT2D eigenvalue weighted by Gasteiger charge is 2.25. The lowest BCUT2D eigenvalue weighted by Crippen LogP contribution is -2.28. The number of nitrogens with one attached hydrogen (secondary N) is 1. The summed E-state index contributed by atoms with van der Waals surface area (Å²) in [6.07, 6.45) is 4.78. The van der Waals surface area contributed by atoms with Crippen LogP contribution in [0, 0.1) is 11.8 Å². The van der Waals surface area contributed by atoms with Crippen LogP contribution in [0.15, 0.2) is 24.3 Å². The molecule has 1 saturated carbocycles. The molecule has 2 rings (SSSR count). The van der Waals surface area contributed by atoms with Crippen LogP contribution in [0.5, 0.6) is 5.75 Å². The number of benzene rings is 1. The Labute approximate surface area is 116 Å². The third-order valence-electron chi connectivity index (χ3n) is 4.21. The smallest absolute Gasteiger partial charge is 0.118 e. The van der Waals surface area contributed by atoms with Crippen LogP contribution in [0.1, 0.15) is 24.8 Å². The molecule has 3 heteroatoms. The Kier molecular flexibility index (Phi) is 5.67. The van der Waals surface area contributed by atoms with Crippen molar-refractivity contribution in [2.45, 2.75) is 25.7 Å². The van der Waals surface area contributed by atoms with Gasteiger partial charge in [0.25, 0.3) is 0 Å². The van der Waals surface area contributed by atoms with Crippen molar-refractivity contribution in [3.05, 3.63) is 29.8 Å². The first-order valence-corrected chi connectivity index (χ1v) is 7.28. The summed E-state index contributed by atoms with van der Waals surface area (Å²) in [7, 11) is 1.69. The van der Waals surface area contributed by atoms with Crippen LogP contribution in [0.4, 0.5) is 0 Å². The van der Waals surface area contributed by atoms with Gasteiger partial charge in [0, 0.05) is 6.61 Å². The number of ether oxygens (including phenoxy) is 1. The molecule has 0 heterocycles. The zero-order valence-corrected chi connectivity index (χ0v) is 11.8. The number of aliphatic hydroxyl groups is 1. The summed E-state index contributed by atoms with van der Waals surface area (Å²) in [6, 6.07) is 8.25. The standard InChI is InChI=1S/C16H25NO2/c1-19-16-7-5-13(6-8-16)9-10-17-11-14-3-2-4-15(14)12-18/h5-8,14-15,17-18H,2-4,9-12H2,1H3.